The van der Waals surface area contributed by atoms with Crippen molar-refractivity contribution in [2.45, 2.75) is 31.3 Å². The molecule has 4 aromatic rings. The number of carbonyl (C=O) groups excluding carboxylic acids is 1. The van der Waals surface area contributed by atoms with Gasteiger partial charge in [0, 0.05) is 11.3 Å². The summed E-state index contributed by atoms with van der Waals surface area (Å²) in [5.74, 6) is 1.72. The molecule has 9 heteroatoms. The predicted molar refractivity (Wildman–Crippen MR) is 152 cm³/mol. The van der Waals surface area contributed by atoms with Gasteiger partial charge < -0.3 is 9.47 Å². The van der Waals surface area contributed by atoms with E-state index < -0.39 is 0 Å². The lowest BCUT2D eigenvalue weighted by molar-refractivity contribution is -0.118. The van der Waals surface area contributed by atoms with Crippen LogP contribution >= 0.6 is 11.8 Å². The Kier molecular flexibility index (Phi) is 8.48. The van der Waals surface area contributed by atoms with Crippen molar-refractivity contribution < 1.29 is 14.3 Å². The van der Waals surface area contributed by atoms with E-state index in [4.69, 9.17) is 9.47 Å². The Bertz CT molecular complexity index is 1410. The van der Waals surface area contributed by atoms with E-state index in [1.807, 2.05) is 65.2 Å². The molecule has 0 unspecified atom stereocenters. The molecule has 196 valence electrons. The first-order chi connectivity index (χ1) is 18.3. The molecule has 1 heterocycles. The smallest absolute Gasteiger partial charge is 0.250 e. The van der Waals surface area contributed by atoms with Crippen LogP contribution < -0.4 is 14.9 Å². The highest BCUT2D eigenvalue weighted by Gasteiger charge is 2.19. The summed E-state index contributed by atoms with van der Waals surface area (Å²) in [6.07, 6.45) is 1.64. The van der Waals surface area contributed by atoms with Gasteiger partial charge >= 0.3 is 0 Å². The van der Waals surface area contributed by atoms with Crippen molar-refractivity contribution in [3.8, 4) is 28.6 Å². The van der Waals surface area contributed by atoms with E-state index in [1.54, 1.807) is 20.4 Å². The molecule has 0 bridgehead atoms. The summed E-state index contributed by atoms with van der Waals surface area (Å²) >= 11 is 1.28. The van der Waals surface area contributed by atoms with Gasteiger partial charge in [0.1, 0.15) is 0 Å². The first kappa shape index (κ1) is 26.9. The number of thioether (sulfide) groups is 1. The minimum atomic E-state index is -0.243. The Morgan fingerprint density at radius 1 is 0.974 bits per heavy atom. The summed E-state index contributed by atoms with van der Waals surface area (Å²) in [5, 5.41) is 13.5. The van der Waals surface area contributed by atoms with E-state index >= 15 is 0 Å². The summed E-state index contributed by atoms with van der Waals surface area (Å²) in [7, 11) is 3.18. The summed E-state index contributed by atoms with van der Waals surface area (Å²) in [6, 6.07) is 23.5. The third-order valence-corrected chi connectivity index (χ3v) is 6.73. The van der Waals surface area contributed by atoms with Crippen LogP contribution in [0, 0.1) is 0 Å². The Morgan fingerprint density at radius 2 is 1.68 bits per heavy atom. The van der Waals surface area contributed by atoms with Gasteiger partial charge in [-0.15, -0.1) is 10.2 Å². The highest BCUT2D eigenvalue weighted by molar-refractivity contribution is 7.99. The molecule has 0 atom stereocenters. The number of ether oxygens (including phenoxy) is 2. The van der Waals surface area contributed by atoms with Crippen LogP contribution in [-0.4, -0.2) is 46.9 Å². The van der Waals surface area contributed by atoms with Gasteiger partial charge in [0.25, 0.3) is 5.91 Å². The standard InChI is InChI=1S/C29H31N5O3S/c1-29(2,3)22-14-11-20(12-15-22)18-30-31-26(35)19-38-28-33-32-27(34(28)23-9-7-6-8-10-23)21-13-16-24(36-4)25(17-21)37-5/h6-18H,19H2,1-5H3,(H,31,35)/b30-18+. The second-order valence-corrected chi connectivity index (χ2v) is 10.4. The van der Waals surface area contributed by atoms with Crippen molar-refractivity contribution in [1.29, 1.82) is 0 Å². The predicted octanol–water partition coefficient (Wildman–Crippen LogP) is 5.49. The molecular weight excluding hydrogens is 498 g/mol. The van der Waals surface area contributed by atoms with Crippen LogP contribution in [0.1, 0.15) is 31.9 Å². The van der Waals surface area contributed by atoms with E-state index in [0.717, 1.165) is 16.8 Å². The Hall–Kier alpha value is -4.11. The molecular formula is C29H31N5O3S. The molecule has 1 N–H and O–H groups in total. The lowest BCUT2D eigenvalue weighted by atomic mass is 9.87. The molecule has 8 nitrogen and oxygen atoms in total. The van der Waals surface area contributed by atoms with Crippen LogP contribution in [0.25, 0.3) is 17.1 Å². The van der Waals surface area contributed by atoms with Crippen molar-refractivity contribution >= 4 is 23.9 Å². The highest BCUT2D eigenvalue weighted by Crippen LogP contribution is 2.34. The third kappa shape index (κ3) is 6.41. The number of methoxy groups -OCH3 is 2. The number of nitrogens with one attached hydrogen (secondary N) is 1. The maximum absolute atomic E-state index is 12.5. The molecule has 0 spiro atoms. The van der Waals surface area contributed by atoms with Gasteiger partial charge in [0.05, 0.1) is 26.2 Å². The average Bonchev–Trinajstić information content (AvgIpc) is 3.35. The summed E-state index contributed by atoms with van der Waals surface area (Å²) in [5.41, 5.74) is 6.51. The van der Waals surface area contributed by atoms with Crippen LogP contribution in [-0.2, 0) is 10.2 Å². The van der Waals surface area contributed by atoms with Gasteiger partial charge in [-0.05, 0) is 46.9 Å². The molecule has 3 aromatic carbocycles. The lowest BCUT2D eigenvalue weighted by Gasteiger charge is -2.18. The molecule has 0 saturated carbocycles. The van der Waals surface area contributed by atoms with Gasteiger partial charge in [-0.2, -0.15) is 5.10 Å². The van der Waals surface area contributed by atoms with Crippen molar-refractivity contribution in [3.63, 3.8) is 0 Å². The van der Waals surface area contributed by atoms with Gasteiger partial charge in [0.15, 0.2) is 22.5 Å². The van der Waals surface area contributed by atoms with E-state index in [1.165, 1.54) is 17.3 Å². The number of carbonyl (C=O) groups is 1. The molecule has 0 aliphatic carbocycles. The number of aromatic nitrogens is 3. The van der Waals surface area contributed by atoms with Gasteiger partial charge in [-0.3, -0.25) is 9.36 Å². The largest absolute Gasteiger partial charge is 0.493 e. The quantitative estimate of drug-likeness (QED) is 0.175. The highest BCUT2D eigenvalue weighted by atomic mass is 32.2. The lowest BCUT2D eigenvalue weighted by Crippen LogP contribution is -2.20. The number of hydrogen-bond acceptors (Lipinski definition) is 7. The maximum Gasteiger partial charge on any atom is 0.250 e. The number of benzene rings is 3. The van der Waals surface area contributed by atoms with Crippen LogP contribution in [0.4, 0.5) is 0 Å². The van der Waals surface area contributed by atoms with E-state index in [2.05, 4.69) is 53.6 Å². The molecule has 4 rings (SSSR count). The number of nitrogens with zero attached hydrogens (tertiary/aromatic N) is 4. The van der Waals surface area contributed by atoms with E-state index in [9.17, 15) is 4.79 Å². The fraction of sp³-hybridized carbons (Fsp3) is 0.241. The molecule has 0 aliphatic rings. The van der Waals surface area contributed by atoms with Crippen molar-refractivity contribution in [2.75, 3.05) is 20.0 Å². The average molecular weight is 530 g/mol. The topological polar surface area (TPSA) is 90.6 Å². The Labute approximate surface area is 227 Å². The van der Waals surface area contributed by atoms with Crippen LogP contribution in [0.15, 0.2) is 83.1 Å². The number of rotatable bonds is 9. The zero-order valence-corrected chi connectivity index (χ0v) is 23.0. The van der Waals surface area contributed by atoms with Crippen LogP contribution in [0.3, 0.4) is 0 Å². The van der Waals surface area contributed by atoms with Crippen LogP contribution in [0.2, 0.25) is 0 Å². The third-order valence-electron chi connectivity index (χ3n) is 5.80. The monoisotopic (exact) mass is 529 g/mol. The van der Waals surface area contributed by atoms with Crippen LogP contribution in [0.5, 0.6) is 11.5 Å². The minimum Gasteiger partial charge on any atom is -0.493 e. The number of hydrazone groups is 1. The summed E-state index contributed by atoms with van der Waals surface area (Å²) in [6.45, 7) is 6.51. The maximum atomic E-state index is 12.5. The fourth-order valence-corrected chi connectivity index (χ4v) is 4.49. The second kappa shape index (κ2) is 12.0. The summed E-state index contributed by atoms with van der Waals surface area (Å²) < 4.78 is 12.7. The fourth-order valence-electron chi connectivity index (χ4n) is 3.75. The van der Waals surface area contributed by atoms with Crippen molar-refractivity contribution in [3.05, 3.63) is 83.9 Å². The number of hydrogen-bond donors (Lipinski definition) is 1. The normalized spacial score (nSPS) is 11.5. The molecule has 38 heavy (non-hydrogen) atoms. The minimum absolute atomic E-state index is 0.0841. The zero-order valence-electron chi connectivity index (χ0n) is 22.1. The molecule has 0 aliphatic heterocycles. The SMILES string of the molecule is COc1ccc(-c2nnc(SCC(=O)N/N=C/c3ccc(C(C)(C)C)cc3)n2-c2ccccc2)cc1OC. The van der Waals surface area contributed by atoms with Gasteiger partial charge in [0.2, 0.25) is 0 Å². The Morgan fingerprint density at radius 3 is 2.34 bits per heavy atom. The molecule has 0 radical (unpaired) electrons. The Balaban J connectivity index is 1.49. The van der Waals surface area contributed by atoms with Gasteiger partial charge in [-0.25, -0.2) is 5.43 Å². The van der Waals surface area contributed by atoms with Crippen molar-refractivity contribution in [1.82, 2.24) is 20.2 Å². The summed E-state index contributed by atoms with van der Waals surface area (Å²) in [4.78, 5) is 12.5. The zero-order chi connectivity index (χ0) is 27.1. The molecule has 0 fully saturated rings. The van der Waals surface area contributed by atoms with Crippen molar-refractivity contribution in [2.24, 2.45) is 5.10 Å². The van der Waals surface area contributed by atoms with E-state index in [-0.39, 0.29) is 17.1 Å². The number of para-hydroxylation sites is 1. The first-order valence-electron chi connectivity index (χ1n) is 12.1. The van der Waals surface area contributed by atoms with E-state index in [0.29, 0.717) is 22.5 Å². The first-order valence-corrected chi connectivity index (χ1v) is 13.1. The second-order valence-electron chi connectivity index (χ2n) is 9.50. The van der Waals surface area contributed by atoms with Gasteiger partial charge in [-0.1, -0.05) is 75.0 Å². The number of amides is 1. The molecule has 1 aromatic heterocycles. The molecule has 0 saturated heterocycles. The molecule has 1 amide bonds.